The second-order valence-corrected chi connectivity index (χ2v) is 5.16. The van der Waals surface area contributed by atoms with E-state index in [9.17, 15) is 0 Å². The molecule has 84 valence electrons. The van der Waals surface area contributed by atoms with E-state index in [2.05, 4.69) is 28.2 Å². The molecule has 0 unspecified atom stereocenters. The van der Waals surface area contributed by atoms with Crippen molar-refractivity contribution in [3.63, 3.8) is 0 Å². The van der Waals surface area contributed by atoms with Gasteiger partial charge in [-0.1, -0.05) is 13.8 Å². The highest BCUT2D eigenvalue weighted by molar-refractivity contribution is 4.62. The van der Waals surface area contributed by atoms with Crippen LogP contribution in [-0.4, -0.2) is 56.1 Å². The van der Waals surface area contributed by atoms with Crippen LogP contribution in [0, 0.1) is 5.41 Å². The van der Waals surface area contributed by atoms with Crippen molar-refractivity contribution in [2.45, 2.75) is 13.8 Å². The van der Waals surface area contributed by atoms with E-state index < -0.39 is 0 Å². The minimum atomic E-state index is -0.306. The molecule has 0 aromatic heterocycles. The first kappa shape index (κ1) is 19.0. The van der Waals surface area contributed by atoms with Crippen molar-refractivity contribution in [3.8, 4) is 0 Å². The average molecular weight is 258 g/mol. The fraction of sp³-hybridized carbons (Fsp3) is 1.00. The number of hydrogen-bond donors (Lipinski definition) is 2. The van der Waals surface area contributed by atoms with Gasteiger partial charge in [0.05, 0.1) is 41.4 Å². The molecule has 13 heavy (non-hydrogen) atoms. The number of halogens is 1. The Hall–Kier alpha value is 0.360. The second kappa shape index (κ2) is 7.74. The molecule has 0 atom stereocenters. The van der Waals surface area contributed by atoms with Gasteiger partial charge >= 0.3 is 0 Å². The van der Waals surface area contributed by atoms with Gasteiger partial charge in [-0.15, -0.1) is 0 Å². The third-order valence-electron chi connectivity index (χ3n) is 0.856. The molecule has 0 spiro atoms. The Balaban J connectivity index is -0.000000150. The minimum Gasteiger partial charge on any atom is -1.00 e. The summed E-state index contributed by atoms with van der Waals surface area (Å²) in [7, 11) is 8.50. The first-order valence-electron chi connectivity index (χ1n) is 4.13. The predicted molar refractivity (Wildman–Crippen MR) is 51.9 cm³/mol. The van der Waals surface area contributed by atoms with E-state index in [0.717, 1.165) is 4.48 Å². The molecule has 0 aromatic carbocycles. The summed E-state index contributed by atoms with van der Waals surface area (Å²) < 4.78 is 1.00. The van der Waals surface area contributed by atoms with Gasteiger partial charge in [0.1, 0.15) is 0 Å². The summed E-state index contributed by atoms with van der Waals surface area (Å²) in [6, 6.07) is 0. The zero-order chi connectivity index (χ0) is 10.4. The summed E-state index contributed by atoms with van der Waals surface area (Å²) in [5.74, 6) is 0. The Kier molecular flexibility index (Phi) is 11.3. The van der Waals surface area contributed by atoms with Gasteiger partial charge in [-0.3, -0.25) is 0 Å². The van der Waals surface area contributed by atoms with Gasteiger partial charge in [-0.2, -0.15) is 0 Å². The lowest BCUT2D eigenvalue weighted by Crippen LogP contribution is -3.00. The number of hydrogen-bond acceptors (Lipinski definition) is 2. The number of aliphatic hydroxyl groups excluding tert-OH is 2. The van der Waals surface area contributed by atoms with Crippen molar-refractivity contribution < 1.29 is 31.7 Å². The standard InChI is InChI=1S/C5H12O2.C4H12N.BrH/c1-5(2,3-6)4-7;1-5(2,3)4;/h6-7H,3-4H2,1-2H3;1-4H3;1H/q;+1;/p-1. The summed E-state index contributed by atoms with van der Waals surface area (Å²) in [6.45, 7) is 3.69. The van der Waals surface area contributed by atoms with Crippen LogP contribution in [0.1, 0.15) is 13.8 Å². The second-order valence-electron chi connectivity index (χ2n) is 5.16. The lowest BCUT2D eigenvalue weighted by atomic mass is 9.97. The molecule has 0 aliphatic rings. The lowest BCUT2D eigenvalue weighted by molar-refractivity contribution is -0.849. The normalized spacial score (nSPS) is 11.1. The van der Waals surface area contributed by atoms with Crippen LogP contribution in [0.2, 0.25) is 0 Å². The maximum atomic E-state index is 8.43. The highest BCUT2D eigenvalue weighted by Gasteiger charge is 2.13. The Morgan fingerprint density at radius 2 is 1.08 bits per heavy atom. The molecular weight excluding hydrogens is 234 g/mol. The maximum Gasteiger partial charge on any atom is 0.0675 e. The van der Waals surface area contributed by atoms with Crippen LogP contribution in [0.4, 0.5) is 0 Å². The molecule has 0 radical (unpaired) electrons. The highest BCUT2D eigenvalue weighted by Crippen LogP contribution is 2.10. The van der Waals surface area contributed by atoms with Crippen LogP contribution >= 0.6 is 0 Å². The Labute approximate surface area is 92.7 Å². The number of nitrogens with zero attached hydrogens (tertiary/aromatic N) is 1. The minimum absolute atomic E-state index is 0. The molecule has 0 saturated heterocycles. The average Bonchev–Trinajstić information content (AvgIpc) is 1.85. The van der Waals surface area contributed by atoms with Gasteiger partial charge < -0.3 is 31.7 Å². The third kappa shape index (κ3) is 32.8. The van der Waals surface area contributed by atoms with Crippen LogP contribution in [0.15, 0.2) is 0 Å². The van der Waals surface area contributed by atoms with Crippen LogP contribution in [-0.2, 0) is 0 Å². The first-order chi connectivity index (χ1) is 5.12. The van der Waals surface area contributed by atoms with Gasteiger partial charge in [0.2, 0.25) is 0 Å². The van der Waals surface area contributed by atoms with Crippen molar-refractivity contribution in [3.05, 3.63) is 0 Å². The topological polar surface area (TPSA) is 40.5 Å². The van der Waals surface area contributed by atoms with E-state index in [1.54, 1.807) is 13.8 Å². The SMILES string of the molecule is CC(C)(CO)CO.C[N+](C)(C)C.[Br-]. The third-order valence-corrected chi connectivity index (χ3v) is 0.856. The van der Waals surface area contributed by atoms with Crippen LogP contribution in [0.3, 0.4) is 0 Å². The van der Waals surface area contributed by atoms with Gasteiger partial charge in [0.15, 0.2) is 0 Å². The Morgan fingerprint density at radius 1 is 0.923 bits per heavy atom. The molecule has 0 saturated carbocycles. The van der Waals surface area contributed by atoms with Gasteiger partial charge in [0, 0.05) is 5.41 Å². The molecule has 0 rings (SSSR count). The number of aliphatic hydroxyl groups is 2. The van der Waals surface area contributed by atoms with Gasteiger partial charge in [-0.25, -0.2) is 0 Å². The number of quaternary nitrogens is 1. The fourth-order valence-corrected chi connectivity index (χ4v) is 0.0500. The van der Waals surface area contributed by atoms with E-state index in [4.69, 9.17) is 10.2 Å². The first-order valence-corrected chi connectivity index (χ1v) is 4.13. The molecule has 3 nitrogen and oxygen atoms in total. The largest absolute Gasteiger partial charge is 1.00 e. The Bertz CT molecular complexity index is 98.7. The fourth-order valence-electron chi connectivity index (χ4n) is 0.0500. The molecule has 2 N–H and O–H groups in total. The van der Waals surface area contributed by atoms with Crippen molar-refractivity contribution >= 4 is 0 Å². The molecule has 4 heteroatoms. The van der Waals surface area contributed by atoms with Crippen molar-refractivity contribution in [1.29, 1.82) is 0 Å². The molecule has 0 amide bonds. The summed E-state index contributed by atoms with van der Waals surface area (Å²) in [6.07, 6.45) is 0. The van der Waals surface area contributed by atoms with Gasteiger partial charge in [-0.05, 0) is 0 Å². The maximum absolute atomic E-state index is 8.43. The lowest BCUT2D eigenvalue weighted by Gasteiger charge is -2.16. The number of rotatable bonds is 2. The van der Waals surface area contributed by atoms with E-state index >= 15 is 0 Å². The van der Waals surface area contributed by atoms with E-state index in [-0.39, 0.29) is 35.6 Å². The van der Waals surface area contributed by atoms with Crippen molar-refractivity contribution in [2.75, 3.05) is 41.4 Å². The van der Waals surface area contributed by atoms with Crippen molar-refractivity contribution in [2.24, 2.45) is 5.41 Å². The quantitative estimate of drug-likeness (QED) is 0.530. The molecule has 0 fully saturated rings. The summed E-state index contributed by atoms with van der Waals surface area (Å²) >= 11 is 0. The molecule has 0 bridgehead atoms. The molecule has 0 aromatic rings. The van der Waals surface area contributed by atoms with E-state index in [1.165, 1.54) is 0 Å². The van der Waals surface area contributed by atoms with Crippen LogP contribution in [0.25, 0.3) is 0 Å². The summed E-state index contributed by atoms with van der Waals surface area (Å²) in [5, 5.41) is 16.9. The zero-order valence-electron chi connectivity index (χ0n) is 9.63. The van der Waals surface area contributed by atoms with Gasteiger partial charge in [0.25, 0.3) is 0 Å². The molecule has 0 heterocycles. The highest BCUT2D eigenvalue weighted by atomic mass is 79.9. The molecule has 0 aliphatic carbocycles. The van der Waals surface area contributed by atoms with E-state index in [1.807, 2.05) is 0 Å². The monoisotopic (exact) mass is 257 g/mol. The smallest absolute Gasteiger partial charge is 0.0675 e. The van der Waals surface area contributed by atoms with Crippen molar-refractivity contribution in [1.82, 2.24) is 0 Å². The summed E-state index contributed by atoms with van der Waals surface area (Å²) in [5.41, 5.74) is -0.306. The molecular formula is C9H24BrNO2. The van der Waals surface area contributed by atoms with Crippen LogP contribution < -0.4 is 17.0 Å². The van der Waals surface area contributed by atoms with E-state index in [0.29, 0.717) is 0 Å². The van der Waals surface area contributed by atoms with Crippen LogP contribution in [0.5, 0.6) is 0 Å². The Morgan fingerprint density at radius 3 is 1.08 bits per heavy atom. The summed E-state index contributed by atoms with van der Waals surface area (Å²) in [4.78, 5) is 0. The molecule has 0 aliphatic heterocycles. The predicted octanol–water partition coefficient (Wildman–Crippen LogP) is -2.68. The zero-order valence-corrected chi connectivity index (χ0v) is 11.2.